The molecule has 2 rings (SSSR count). The number of thiophene rings is 1. The minimum atomic E-state index is -0.0572. The Morgan fingerprint density at radius 2 is 2.32 bits per heavy atom. The molecule has 1 aromatic rings. The van der Waals surface area contributed by atoms with Gasteiger partial charge < -0.3 is 20.7 Å². The Hall–Kier alpha value is -1.60. The van der Waals surface area contributed by atoms with Gasteiger partial charge in [0.25, 0.3) is 5.91 Å². The highest BCUT2D eigenvalue weighted by Crippen LogP contribution is 2.25. The van der Waals surface area contributed by atoms with Crippen LogP contribution in [0.3, 0.4) is 0 Å². The molecule has 0 aliphatic carbocycles. The maximum atomic E-state index is 12.7. The van der Waals surface area contributed by atoms with Crippen LogP contribution in [0, 0.1) is 0 Å². The van der Waals surface area contributed by atoms with E-state index in [2.05, 4.69) is 5.32 Å². The Labute approximate surface area is 134 Å². The predicted octanol–water partition coefficient (Wildman–Crippen LogP) is 1.22. The highest BCUT2D eigenvalue weighted by molar-refractivity contribution is 7.12. The molecule has 1 aromatic heterocycles. The Morgan fingerprint density at radius 3 is 3.00 bits per heavy atom. The molecule has 2 amide bonds. The largest absolute Gasteiger partial charge is 0.496 e. The van der Waals surface area contributed by atoms with Crippen molar-refractivity contribution >= 4 is 23.2 Å². The van der Waals surface area contributed by atoms with Gasteiger partial charge >= 0.3 is 0 Å². The fraction of sp³-hybridized carbons (Fsp3) is 0.600. The van der Waals surface area contributed by atoms with Crippen molar-refractivity contribution in [2.24, 2.45) is 5.73 Å². The van der Waals surface area contributed by atoms with Crippen molar-refractivity contribution in [3.05, 3.63) is 16.3 Å². The van der Waals surface area contributed by atoms with Crippen LogP contribution in [0.2, 0.25) is 0 Å². The van der Waals surface area contributed by atoms with E-state index in [4.69, 9.17) is 10.5 Å². The number of methoxy groups -OCH3 is 1. The number of carbonyl (C=O) groups excluding carboxylic acids is 2. The number of ether oxygens (including phenoxy) is 1. The van der Waals surface area contributed by atoms with Crippen LogP contribution in [0.4, 0.5) is 0 Å². The van der Waals surface area contributed by atoms with Crippen molar-refractivity contribution in [1.29, 1.82) is 0 Å². The molecule has 0 bridgehead atoms. The molecule has 2 heterocycles. The van der Waals surface area contributed by atoms with Crippen LogP contribution in [0.25, 0.3) is 0 Å². The lowest BCUT2D eigenvalue weighted by Crippen LogP contribution is -2.49. The molecule has 1 fully saturated rings. The van der Waals surface area contributed by atoms with Gasteiger partial charge in [-0.1, -0.05) is 0 Å². The van der Waals surface area contributed by atoms with Crippen LogP contribution < -0.4 is 15.8 Å². The van der Waals surface area contributed by atoms with Crippen LogP contribution in [0.1, 0.15) is 35.4 Å². The number of nitrogens with two attached hydrogens (primary N) is 1. The summed E-state index contributed by atoms with van der Waals surface area (Å²) in [7, 11) is 1.59. The average Bonchev–Trinajstić information content (AvgIpc) is 3.02. The molecule has 1 aliphatic heterocycles. The van der Waals surface area contributed by atoms with E-state index in [0.29, 0.717) is 30.1 Å². The molecule has 122 valence electrons. The molecule has 1 saturated heterocycles. The van der Waals surface area contributed by atoms with Crippen molar-refractivity contribution in [1.82, 2.24) is 10.2 Å². The van der Waals surface area contributed by atoms with Crippen molar-refractivity contribution in [3.8, 4) is 5.75 Å². The second-order valence-corrected chi connectivity index (χ2v) is 6.25. The van der Waals surface area contributed by atoms with Gasteiger partial charge in [0.05, 0.1) is 12.0 Å². The summed E-state index contributed by atoms with van der Waals surface area (Å²) in [6.07, 6.45) is 3.32. The van der Waals surface area contributed by atoms with Crippen LogP contribution in [-0.2, 0) is 4.79 Å². The van der Waals surface area contributed by atoms with Gasteiger partial charge in [-0.3, -0.25) is 9.59 Å². The Balaban J connectivity index is 1.99. The molecule has 0 aromatic carbocycles. The van der Waals surface area contributed by atoms with E-state index in [1.54, 1.807) is 13.2 Å². The highest BCUT2D eigenvalue weighted by atomic mass is 32.1. The first-order valence-corrected chi connectivity index (χ1v) is 8.44. The summed E-state index contributed by atoms with van der Waals surface area (Å²) < 4.78 is 5.14. The molecule has 6 nitrogen and oxygen atoms in total. The molecule has 1 aliphatic rings. The van der Waals surface area contributed by atoms with Gasteiger partial charge in [0.1, 0.15) is 5.75 Å². The van der Waals surface area contributed by atoms with E-state index < -0.39 is 0 Å². The first-order chi connectivity index (χ1) is 10.7. The first-order valence-electron chi connectivity index (χ1n) is 7.56. The van der Waals surface area contributed by atoms with Crippen molar-refractivity contribution in [3.63, 3.8) is 0 Å². The molecule has 0 radical (unpaired) electrons. The SMILES string of the molecule is COc1csc(C(=O)N2CCCCC2CNC(=O)CCN)c1. The zero-order chi connectivity index (χ0) is 15.9. The molecule has 22 heavy (non-hydrogen) atoms. The van der Waals surface area contributed by atoms with E-state index in [9.17, 15) is 9.59 Å². The predicted molar refractivity (Wildman–Crippen MR) is 86.2 cm³/mol. The van der Waals surface area contributed by atoms with Crippen LogP contribution in [0.5, 0.6) is 5.75 Å². The number of piperidine rings is 1. The Kier molecular flexibility index (Phi) is 6.21. The summed E-state index contributed by atoms with van der Waals surface area (Å²) in [6.45, 7) is 1.57. The van der Waals surface area contributed by atoms with Crippen molar-refractivity contribution < 1.29 is 14.3 Å². The van der Waals surface area contributed by atoms with Crippen molar-refractivity contribution in [2.45, 2.75) is 31.7 Å². The number of carbonyl (C=O) groups is 2. The zero-order valence-electron chi connectivity index (χ0n) is 12.8. The third kappa shape index (κ3) is 4.20. The van der Waals surface area contributed by atoms with E-state index in [1.807, 2.05) is 10.3 Å². The quantitative estimate of drug-likeness (QED) is 0.823. The Morgan fingerprint density at radius 1 is 1.50 bits per heavy atom. The minimum Gasteiger partial charge on any atom is -0.496 e. The topological polar surface area (TPSA) is 84.7 Å². The van der Waals surface area contributed by atoms with E-state index in [1.165, 1.54) is 11.3 Å². The van der Waals surface area contributed by atoms with Gasteiger partial charge in [-0.2, -0.15) is 0 Å². The lowest BCUT2D eigenvalue weighted by molar-refractivity contribution is -0.121. The summed E-state index contributed by atoms with van der Waals surface area (Å²) in [4.78, 5) is 26.8. The summed E-state index contributed by atoms with van der Waals surface area (Å²) in [5.74, 6) is 0.669. The number of rotatable bonds is 6. The third-order valence-electron chi connectivity index (χ3n) is 3.82. The molecule has 7 heteroatoms. The summed E-state index contributed by atoms with van der Waals surface area (Å²) in [5, 5.41) is 4.70. The van der Waals surface area contributed by atoms with Gasteiger partial charge in [0, 0.05) is 43.5 Å². The van der Waals surface area contributed by atoms with Gasteiger partial charge in [0.2, 0.25) is 5.91 Å². The number of nitrogens with one attached hydrogen (secondary N) is 1. The number of hydrogen-bond acceptors (Lipinski definition) is 5. The number of nitrogens with zero attached hydrogens (tertiary/aromatic N) is 1. The van der Waals surface area contributed by atoms with Crippen LogP contribution in [-0.4, -0.2) is 49.5 Å². The molecule has 0 saturated carbocycles. The van der Waals surface area contributed by atoms with Gasteiger partial charge in [-0.25, -0.2) is 0 Å². The zero-order valence-corrected chi connectivity index (χ0v) is 13.7. The molecular formula is C15H23N3O3S. The maximum Gasteiger partial charge on any atom is 0.264 e. The van der Waals surface area contributed by atoms with E-state index in [-0.39, 0.29) is 17.9 Å². The number of amides is 2. The second kappa shape index (κ2) is 8.14. The van der Waals surface area contributed by atoms with Crippen LogP contribution >= 0.6 is 11.3 Å². The van der Waals surface area contributed by atoms with E-state index in [0.717, 1.165) is 25.8 Å². The average molecular weight is 325 g/mol. The molecule has 3 N–H and O–H groups in total. The van der Waals surface area contributed by atoms with Gasteiger partial charge in [-0.05, 0) is 19.3 Å². The number of hydrogen-bond donors (Lipinski definition) is 2. The fourth-order valence-corrected chi connectivity index (χ4v) is 3.42. The Bertz CT molecular complexity index is 518. The maximum absolute atomic E-state index is 12.7. The normalized spacial score (nSPS) is 18.1. The van der Waals surface area contributed by atoms with Crippen molar-refractivity contribution in [2.75, 3.05) is 26.7 Å². The standard InChI is InChI=1S/C15H23N3O3S/c1-21-12-8-13(22-10-12)15(20)18-7-3-2-4-11(18)9-17-14(19)5-6-16/h8,10-11H,2-7,9,16H2,1H3,(H,17,19). The van der Waals surface area contributed by atoms with Gasteiger partial charge in [-0.15, -0.1) is 11.3 Å². The summed E-state index contributed by atoms with van der Waals surface area (Å²) in [6, 6.07) is 1.82. The molecule has 1 atom stereocenters. The second-order valence-electron chi connectivity index (χ2n) is 5.34. The molecule has 0 spiro atoms. The fourth-order valence-electron chi connectivity index (χ4n) is 2.61. The third-order valence-corrected chi connectivity index (χ3v) is 4.71. The molecule has 1 unspecified atom stereocenters. The summed E-state index contributed by atoms with van der Waals surface area (Å²) in [5.41, 5.74) is 5.37. The summed E-state index contributed by atoms with van der Waals surface area (Å²) >= 11 is 1.39. The van der Waals surface area contributed by atoms with E-state index >= 15 is 0 Å². The smallest absolute Gasteiger partial charge is 0.264 e. The van der Waals surface area contributed by atoms with Gasteiger partial charge in [0.15, 0.2) is 0 Å². The molecular weight excluding hydrogens is 302 g/mol. The monoisotopic (exact) mass is 325 g/mol. The number of likely N-dealkylation sites (tertiary alicyclic amines) is 1. The lowest BCUT2D eigenvalue weighted by Gasteiger charge is -2.35. The van der Waals surface area contributed by atoms with Crippen LogP contribution in [0.15, 0.2) is 11.4 Å². The lowest BCUT2D eigenvalue weighted by atomic mass is 10.0. The first kappa shape index (κ1) is 16.8. The minimum absolute atomic E-state index is 0.0195. The highest BCUT2D eigenvalue weighted by Gasteiger charge is 2.28.